The van der Waals surface area contributed by atoms with Crippen LogP contribution >= 0.6 is 0 Å². The van der Waals surface area contributed by atoms with Crippen molar-refractivity contribution in [1.29, 1.82) is 0 Å². The monoisotopic (exact) mass is 818 g/mol. The van der Waals surface area contributed by atoms with Gasteiger partial charge >= 0.3 is 0 Å². The number of para-hydroxylation sites is 6. The fourth-order valence-electron chi connectivity index (χ4n) is 10.2. The molecule has 0 atom stereocenters. The average molecular weight is 819 g/mol. The van der Waals surface area contributed by atoms with Crippen LogP contribution in [0.3, 0.4) is 0 Å². The Bertz CT molecular complexity index is 4140. The van der Waals surface area contributed by atoms with E-state index in [0.29, 0.717) is 17.6 Å². The molecule has 5 aromatic heterocycles. The van der Waals surface area contributed by atoms with Gasteiger partial charge in [0, 0.05) is 59.9 Å². The SMILES string of the molecule is c1ccc(-c2nc(-c3ccc4oc5ccccc5c4c3)nc(-n3c4ccccc4c4c(-n5c6ccccc6c6ccccc65)c5c6ccccc6n(-c6ccccc6)c5cc43)n2)cc1. The molecule has 14 aromatic rings. The lowest BCUT2D eigenvalue weighted by molar-refractivity contribution is 0.669. The van der Waals surface area contributed by atoms with Crippen molar-refractivity contribution in [1.82, 2.24) is 28.7 Å². The summed E-state index contributed by atoms with van der Waals surface area (Å²) < 4.78 is 13.4. The Balaban J connectivity index is 1.17. The number of benzene rings is 9. The highest BCUT2D eigenvalue weighted by atomic mass is 16.3. The Labute approximate surface area is 365 Å². The van der Waals surface area contributed by atoms with E-state index in [0.717, 1.165) is 88.3 Å². The second kappa shape index (κ2) is 13.3. The number of aromatic nitrogens is 6. The molecular weight excluding hydrogens is 785 g/mol. The quantitative estimate of drug-likeness (QED) is 0.173. The molecule has 0 aliphatic carbocycles. The van der Waals surface area contributed by atoms with Gasteiger partial charge in [0.1, 0.15) is 11.2 Å². The normalized spacial score (nSPS) is 12.1. The van der Waals surface area contributed by atoms with Gasteiger partial charge in [-0.2, -0.15) is 9.97 Å². The first kappa shape index (κ1) is 34.9. The minimum absolute atomic E-state index is 0.530. The lowest BCUT2D eigenvalue weighted by Gasteiger charge is -2.15. The molecule has 0 amide bonds. The van der Waals surface area contributed by atoms with Crippen LogP contribution in [-0.4, -0.2) is 28.7 Å². The molecular formula is C57H34N6O. The van der Waals surface area contributed by atoms with Gasteiger partial charge in [0.2, 0.25) is 5.95 Å². The predicted molar refractivity (Wildman–Crippen MR) is 261 cm³/mol. The van der Waals surface area contributed by atoms with Gasteiger partial charge in [-0.15, -0.1) is 0 Å². The van der Waals surface area contributed by atoms with Crippen LogP contribution in [0.2, 0.25) is 0 Å². The Hall–Kier alpha value is -8.81. The number of hydrogen-bond acceptors (Lipinski definition) is 4. The van der Waals surface area contributed by atoms with Crippen LogP contribution in [0.5, 0.6) is 0 Å². The fraction of sp³-hybridized carbons (Fsp3) is 0. The zero-order valence-corrected chi connectivity index (χ0v) is 34.2. The van der Waals surface area contributed by atoms with Crippen LogP contribution < -0.4 is 0 Å². The highest BCUT2D eigenvalue weighted by molar-refractivity contribution is 6.27. The van der Waals surface area contributed by atoms with Crippen LogP contribution in [0.4, 0.5) is 0 Å². The van der Waals surface area contributed by atoms with Crippen molar-refractivity contribution in [3.63, 3.8) is 0 Å². The summed E-state index contributed by atoms with van der Waals surface area (Å²) in [6.45, 7) is 0. The van der Waals surface area contributed by atoms with Gasteiger partial charge in [-0.3, -0.25) is 4.57 Å². The summed E-state index contributed by atoms with van der Waals surface area (Å²) in [7, 11) is 0. The van der Waals surface area contributed by atoms with E-state index in [-0.39, 0.29) is 0 Å². The summed E-state index contributed by atoms with van der Waals surface area (Å²) in [5, 5.41) is 9.03. The van der Waals surface area contributed by atoms with Gasteiger partial charge in [0.15, 0.2) is 11.6 Å². The first-order valence-corrected chi connectivity index (χ1v) is 21.5. The smallest absolute Gasteiger partial charge is 0.238 e. The minimum atomic E-state index is 0.530. The summed E-state index contributed by atoms with van der Waals surface area (Å²) in [5.74, 6) is 1.69. The molecule has 0 aliphatic rings. The topological polar surface area (TPSA) is 66.6 Å². The second-order valence-corrected chi connectivity index (χ2v) is 16.4. The third-order valence-electron chi connectivity index (χ3n) is 12.9. The second-order valence-electron chi connectivity index (χ2n) is 16.4. The van der Waals surface area contributed by atoms with E-state index in [4.69, 9.17) is 19.4 Å². The standard InChI is InChI=1S/C57H34N6O/c1-3-17-35(18-4-1)55-58-56(36-31-32-51-43(33-36)40-23-11-16-30-50(40)64-51)60-57(59-55)63-47-29-15-10-25-42(47)53-49(63)34-48-52(41-24-9-14-28-46(41)61(48)37-19-5-2-6-20-37)54(53)62-44-26-12-7-21-38(44)39-22-8-13-27-45(39)62/h1-34H. The molecule has 0 aliphatic heterocycles. The third-order valence-corrected chi connectivity index (χ3v) is 12.9. The van der Waals surface area contributed by atoms with E-state index in [2.05, 4.69) is 171 Å². The average Bonchev–Trinajstić information content (AvgIpc) is 4.10. The largest absolute Gasteiger partial charge is 0.456 e. The number of rotatable bonds is 5. The summed E-state index contributed by atoms with van der Waals surface area (Å²) in [6, 6.07) is 72.6. The van der Waals surface area contributed by atoms with Crippen LogP contribution in [0.25, 0.3) is 127 Å². The van der Waals surface area contributed by atoms with Crippen LogP contribution in [-0.2, 0) is 0 Å². The van der Waals surface area contributed by atoms with Crippen molar-refractivity contribution >= 4 is 87.4 Å². The predicted octanol–water partition coefficient (Wildman–Crippen LogP) is 14.4. The zero-order valence-electron chi connectivity index (χ0n) is 34.2. The molecule has 0 bridgehead atoms. The minimum Gasteiger partial charge on any atom is -0.456 e. The Morgan fingerprint density at radius 3 is 1.45 bits per heavy atom. The molecule has 0 unspecified atom stereocenters. The van der Waals surface area contributed by atoms with Crippen LogP contribution in [0.1, 0.15) is 0 Å². The highest BCUT2D eigenvalue weighted by Crippen LogP contribution is 2.47. The van der Waals surface area contributed by atoms with Gasteiger partial charge in [0.05, 0.1) is 38.8 Å². The first-order valence-electron chi connectivity index (χ1n) is 21.5. The summed E-state index contributed by atoms with van der Waals surface area (Å²) in [5.41, 5.74) is 12.1. The molecule has 7 heteroatoms. The number of furan rings is 1. The molecule has 0 radical (unpaired) electrons. The Kier molecular flexibility index (Phi) is 7.27. The van der Waals surface area contributed by atoms with Gasteiger partial charge < -0.3 is 13.6 Å². The van der Waals surface area contributed by atoms with Gasteiger partial charge in [-0.05, 0) is 66.7 Å². The Morgan fingerprint density at radius 1 is 0.312 bits per heavy atom. The lowest BCUT2D eigenvalue weighted by atomic mass is 10.0. The van der Waals surface area contributed by atoms with Crippen LogP contribution in [0.15, 0.2) is 211 Å². The molecule has 5 heterocycles. The molecule has 0 saturated heterocycles. The molecule has 0 fully saturated rings. The maximum Gasteiger partial charge on any atom is 0.238 e. The van der Waals surface area contributed by atoms with E-state index < -0.39 is 0 Å². The number of nitrogens with zero attached hydrogens (tertiary/aromatic N) is 6. The first-order chi connectivity index (χ1) is 31.8. The van der Waals surface area contributed by atoms with Crippen LogP contribution in [0, 0.1) is 0 Å². The van der Waals surface area contributed by atoms with Gasteiger partial charge in [0.25, 0.3) is 0 Å². The molecule has 14 rings (SSSR count). The van der Waals surface area contributed by atoms with Crippen molar-refractivity contribution in [2.45, 2.75) is 0 Å². The van der Waals surface area contributed by atoms with E-state index in [9.17, 15) is 0 Å². The fourth-order valence-corrected chi connectivity index (χ4v) is 10.2. The molecule has 0 saturated carbocycles. The number of fused-ring (bicyclic) bond motifs is 12. The van der Waals surface area contributed by atoms with Gasteiger partial charge in [-0.1, -0.05) is 140 Å². The van der Waals surface area contributed by atoms with Gasteiger partial charge in [-0.25, -0.2) is 4.98 Å². The summed E-state index contributed by atoms with van der Waals surface area (Å²) >= 11 is 0. The van der Waals surface area contributed by atoms with Crippen molar-refractivity contribution in [3.8, 4) is 40.1 Å². The Morgan fingerprint density at radius 2 is 0.797 bits per heavy atom. The molecule has 64 heavy (non-hydrogen) atoms. The molecule has 9 aromatic carbocycles. The molecule has 7 nitrogen and oxygen atoms in total. The molecule has 298 valence electrons. The van der Waals surface area contributed by atoms with E-state index in [1.165, 1.54) is 21.5 Å². The lowest BCUT2D eigenvalue weighted by Crippen LogP contribution is -2.07. The van der Waals surface area contributed by atoms with Crippen molar-refractivity contribution in [3.05, 3.63) is 206 Å². The summed E-state index contributed by atoms with van der Waals surface area (Å²) in [4.78, 5) is 16.0. The number of hydrogen-bond donors (Lipinski definition) is 0. The van der Waals surface area contributed by atoms with Crippen molar-refractivity contribution in [2.24, 2.45) is 0 Å². The molecule has 0 spiro atoms. The van der Waals surface area contributed by atoms with Crippen molar-refractivity contribution in [2.75, 3.05) is 0 Å². The van der Waals surface area contributed by atoms with E-state index >= 15 is 0 Å². The third kappa shape index (κ3) is 4.94. The summed E-state index contributed by atoms with van der Waals surface area (Å²) in [6.07, 6.45) is 0. The maximum atomic E-state index is 6.25. The molecule has 0 N–H and O–H groups in total. The zero-order chi connectivity index (χ0) is 41.9. The van der Waals surface area contributed by atoms with Crippen molar-refractivity contribution < 1.29 is 4.42 Å². The highest BCUT2D eigenvalue weighted by Gasteiger charge is 2.27. The van der Waals surface area contributed by atoms with E-state index in [1.54, 1.807) is 0 Å². The maximum absolute atomic E-state index is 6.25. The van der Waals surface area contributed by atoms with E-state index in [1.807, 2.05) is 48.5 Å².